The molecule has 12 aromatic rings. The summed E-state index contributed by atoms with van der Waals surface area (Å²) in [7, 11) is 0. The highest BCUT2D eigenvalue weighted by molar-refractivity contribution is 6.00. The van der Waals surface area contributed by atoms with Gasteiger partial charge in [-0.05, 0) is 153 Å². The predicted octanol–water partition coefficient (Wildman–Crippen LogP) is 18.0. The molecule has 1 unspecified atom stereocenters. The molecule has 71 heavy (non-hydrogen) atoms. The van der Waals surface area contributed by atoms with Crippen LogP contribution in [0.4, 0.5) is 0 Å². The van der Waals surface area contributed by atoms with Crippen LogP contribution in [0.5, 0.6) is 0 Å². The van der Waals surface area contributed by atoms with Gasteiger partial charge in [0.25, 0.3) is 0 Å². The van der Waals surface area contributed by atoms with Crippen LogP contribution in [0, 0.1) is 6.92 Å². The Labute approximate surface area is 415 Å². The number of hydrogen-bond acceptors (Lipinski definition) is 0. The fraction of sp³-hybridized carbons (Fsp3) is 0.0423. The molecule has 2 aliphatic rings. The Morgan fingerprint density at radius 2 is 0.662 bits per heavy atom. The molecule has 1 atom stereocenters. The third-order valence-corrected chi connectivity index (χ3v) is 15.9. The Balaban J connectivity index is 1.01. The lowest BCUT2D eigenvalue weighted by molar-refractivity contribution is 0.768. The van der Waals surface area contributed by atoms with E-state index in [1.165, 1.54) is 127 Å². The van der Waals surface area contributed by atoms with Crippen molar-refractivity contribution < 1.29 is 0 Å². The Hall–Kier alpha value is -8.84. The first-order chi connectivity index (χ1) is 35.1. The zero-order valence-corrected chi connectivity index (χ0v) is 39.5. The number of hydrogen-bond donors (Lipinski definition) is 0. The molecule has 0 fully saturated rings. The summed E-state index contributed by atoms with van der Waals surface area (Å²) < 4.78 is 0. The van der Waals surface area contributed by atoms with E-state index in [4.69, 9.17) is 0 Å². The fourth-order valence-corrected chi connectivity index (χ4v) is 12.8. The van der Waals surface area contributed by atoms with Gasteiger partial charge in [-0.15, -0.1) is 0 Å². The van der Waals surface area contributed by atoms with Crippen molar-refractivity contribution in [3.05, 3.63) is 323 Å². The molecule has 0 heteroatoms. The van der Waals surface area contributed by atoms with E-state index in [9.17, 15) is 0 Å². The zero-order chi connectivity index (χ0) is 47.1. The zero-order valence-electron chi connectivity index (χ0n) is 39.5. The number of fused-ring (bicyclic) bond motifs is 8. The molecule has 0 aliphatic heterocycles. The normalized spacial score (nSPS) is 15.0. The SMILES string of the molecule is Cc1ccc2cc(-c3cccc4c3-c3ccccc3C4(c3ccccc3)c3ccc(-c4cc5c(cc4-c4ccc6ccccc6c4)C(c4ccccc4)(c4ccccc4)c4ccccc4-5)cc3)ccc2c1. The molecule has 0 aromatic heterocycles. The topological polar surface area (TPSA) is 0 Å². The third-order valence-electron chi connectivity index (χ3n) is 15.9. The molecule has 2 aliphatic carbocycles. The van der Waals surface area contributed by atoms with E-state index in [-0.39, 0.29) is 0 Å². The lowest BCUT2D eigenvalue weighted by Crippen LogP contribution is -2.28. The first-order valence-electron chi connectivity index (χ1n) is 24.9. The van der Waals surface area contributed by atoms with Gasteiger partial charge in [-0.25, -0.2) is 0 Å². The highest BCUT2D eigenvalue weighted by Gasteiger charge is 2.48. The van der Waals surface area contributed by atoms with Gasteiger partial charge in [0.1, 0.15) is 0 Å². The predicted molar refractivity (Wildman–Crippen MR) is 297 cm³/mol. The summed E-state index contributed by atoms with van der Waals surface area (Å²) in [5, 5.41) is 4.99. The minimum Gasteiger partial charge on any atom is -0.0622 e. The van der Waals surface area contributed by atoms with Gasteiger partial charge in [0, 0.05) is 0 Å². The molecule has 0 N–H and O–H groups in total. The van der Waals surface area contributed by atoms with Crippen LogP contribution in [0.1, 0.15) is 50.1 Å². The van der Waals surface area contributed by atoms with Gasteiger partial charge in [0.15, 0.2) is 0 Å². The van der Waals surface area contributed by atoms with Crippen molar-refractivity contribution >= 4 is 21.5 Å². The van der Waals surface area contributed by atoms with Crippen molar-refractivity contribution in [3.63, 3.8) is 0 Å². The summed E-state index contributed by atoms with van der Waals surface area (Å²) in [5.74, 6) is 0. The minimum absolute atomic E-state index is 0.515. The van der Waals surface area contributed by atoms with Crippen molar-refractivity contribution in [3.8, 4) is 55.6 Å². The Morgan fingerprint density at radius 3 is 1.34 bits per heavy atom. The molecule has 0 saturated heterocycles. The minimum atomic E-state index is -0.557. The molecule has 332 valence electrons. The molecule has 0 nitrogen and oxygen atoms in total. The van der Waals surface area contributed by atoms with Crippen LogP contribution in [-0.4, -0.2) is 0 Å². The quantitative estimate of drug-likeness (QED) is 0.150. The molecule has 14 rings (SSSR count). The summed E-state index contributed by atoms with van der Waals surface area (Å²) in [6.07, 6.45) is 0. The second-order valence-electron chi connectivity index (χ2n) is 19.6. The van der Waals surface area contributed by atoms with E-state index in [1.54, 1.807) is 0 Å². The van der Waals surface area contributed by atoms with Crippen LogP contribution < -0.4 is 0 Å². The smallest absolute Gasteiger partial charge is 0.0622 e. The fourth-order valence-electron chi connectivity index (χ4n) is 12.8. The maximum absolute atomic E-state index is 2.53. The van der Waals surface area contributed by atoms with E-state index in [2.05, 4.69) is 280 Å². The maximum Gasteiger partial charge on any atom is 0.0713 e. The van der Waals surface area contributed by atoms with Crippen LogP contribution in [0.3, 0.4) is 0 Å². The summed E-state index contributed by atoms with van der Waals surface area (Å²) >= 11 is 0. The number of aryl methyl sites for hydroxylation is 1. The molecule has 0 amide bonds. The van der Waals surface area contributed by atoms with Gasteiger partial charge >= 0.3 is 0 Å². The first kappa shape index (κ1) is 41.2. The average Bonchev–Trinajstić information content (AvgIpc) is 3.91. The lowest BCUT2D eigenvalue weighted by atomic mass is 9.67. The largest absolute Gasteiger partial charge is 0.0713 e. The standard InChI is InChI=1S/C71H48/c1-47-32-33-52-44-53(37-35-51(52)42-47)59-28-17-31-67-69(59)61-27-14-16-30-66(61)70(67,55-20-5-2-6-21-55)58-40-38-49(39-41-58)62-45-64-60-26-13-15-29-65(60)71(56-22-7-3-8-23-56,57-24-9-4-10-25-57)68(64)46-63(62)54-36-34-48-18-11-12-19-50(48)43-54/h2-46H,1H3. The van der Waals surface area contributed by atoms with Crippen LogP contribution in [0.2, 0.25) is 0 Å². The molecule has 0 bridgehead atoms. The molecule has 0 heterocycles. The van der Waals surface area contributed by atoms with Crippen molar-refractivity contribution in [2.24, 2.45) is 0 Å². The van der Waals surface area contributed by atoms with E-state index >= 15 is 0 Å². The van der Waals surface area contributed by atoms with E-state index < -0.39 is 10.8 Å². The number of benzene rings is 12. The van der Waals surface area contributed by atoms with Crippen LogP contribution in [0.25, 0.3) is 77.2 Å². The molecule has 0 spiro atoms. The third kappa shape index (κ3) is 6.11. The Morgan fingerprint density at radius 1 is 0.225 bits per heavy atom. The van der Waals surface area contributed by atoms with Crippen molar-refractivity contribution in [1.82, 2.24) is 0 Å². The second kappa shape index (κ2) is 16.1. The highest BCUT2D eigenvalue weighted by Crippen LogP contribution is 2.60. The van der Waals surface area contributed by atoms with Crippen LogP contribution in [-0.2, 0) is 10.8 Å². The molecule has 12 aromatic carbocycles. The van der Waals surface area contributed by atoms with Gasteiger partial charge in [-0.1, -0.05) is 254 Å². The molecule has 0 radical (unpaired) electrons. The van der Waals surface area contributed by atoms with Crippen molar-refractivity contribution in [2.45, 2.75) is 17.8 Å². The molecular formula is C71H48. The van der Waals surface area contributed by atoms with Gasteiger partial charge in [-0.2, -0.15) is 0 Å². The van der Waals surface area contributed by atoms with E-state index in [0.717, 1.165) is 0 Å². The molecule has 0 saturated carbocycles. The van der Waals surface area contributed by atoms with Crippen LogP contribution in [0.15, 0.2) is 273 Å². The van der Waals surface area contributed by atoms with Gasteiger partial charge in [0.05, 0.1) is 10.8 Å². The summed E-state index contributed by atoms with van der Waals surface area (Å²) in [5.41, 5.74) is 22.9. The average molecular weight is 901 g/mol. The number of rotatable bonds is 7. The summed E-state index contributed by atoms with van der Waals surface area (Å²) in [4.78, 5) is 0. The van der Waals surface area contributed by atoms with Crippen molar-refractivity contribution in [2.75, 3.05) is 0 Å². The Kier molecular flexibility index (Phi) is 9.35. The summed E-state index contributed by atoms with van der Waals surface area (Å²) in [6, 6.07) is 103. The second-order valence-corrected chi connectivity index (χ2v) is 19.6. The molecular weight excluding hydrogens is 853 g/mol. The van der Waals surface area contributed by atoms with E-state index in [0.29, 0.717) is 0 Å². The van der Waals surface area contributed by atoms with Gasteiger partial charge in [-0.3, -0.25) is 0 Å². The highest BCUT2D eigenvalue weighted by atomic mass is 14.5. The van der Waals surface area contributed by atoms with Crippen LogP contribution >= 0.6 is 0 Å². The first-order valence-corrected chi connectivity index (χ1v) is 24.9. The van der Waals surface area contributed by atoms with Gasteiger partial charge in [0.2, 0.25) is 0 Å². The van der Waals surface area contributed by atoms with Crippen molar-refractivity contribution in [1.29, 1.82) is 0 Å². The summed E-state index contributed by atoms with van der Waals surface area (Å²) in [6.45, 7) is 2.17. The lowest BCUT2D eigenvalue weighted by Gasteiger charge is -2.34. The maximum atomic E-state index is 2.53. The van der Waals surface area contributed by atoms with E-state index in [1.807, 2.05) is 0 Å². The van der Waals surface area contributed by atoms with Gasteiger partial charge < -0.3 is 0 Å². The monoisotopic (exact) mass is 900 g/mol. The Bertz CT molecular complexity index is 3990.